The fourth-order valence-corrected chi connectivity index (χ4v) is 5.08. The van der Waals surface area contributed by atoms with E-state index < -0.39 is 0 Å². The predicted octanol–water partition coefficient (Wildman–Crippen LogP) is 3.30. The molecular weight excluding hydrogens is 402 g/mol. The molecule has 30 heavy (non-hydrogen) atoms. The van der Waals surface area contributed by atoms with Crippen LogP contribution in [-0.2, 0) is 9.53 Å². The van der Waals surface area contributed by atoms with Gasteiger partial charge in [-0.05, 0) is 43.0 Å². The maximum atomic E-state index is 13.4. The summed E-state index contributed by atoms with van der Waals surface area (Å²) in [5, 5.41) is 4.33. The summed E-state index contributed by atoms with van der Waals surface area (Å²) in [6.07, 6.45) is 4.61. The quantitative estimate of drug-likeness (QED) is 0.773. The molecule has 0 radical (unpaired) electrons. The van der Waals surface area contributed by atoms with Crippen LogP contribution in [0.25, 0.3) is 0 Å². The molecule has 3 aliphatic heterocycles. The first kappa shape index (κ1) is 21.6. The van der Waals surface area contributed by atoms with Crippen LogP contribution in [0.3, 0.4) is 0 Å². The van der Waals surface area contributed by atoms with E-state index in [1.807, 2.05) is 9.80 Å². The Balaban J connectivity index is 1.49. The van der Waals surface area contributed by atoms with Crippen molar-refractivity contribution in [3.63, 3.8) is 0 Å². The number of halogens is 1. The first-order chi connectivity index (χ1) is 14.4. The fourth-order valence-electron chi connectivity index (χ4n) is 4.95. The van der Waals surface area contributed by atoms with Gasteiger partial charge in [-0.1, -0.05) is 31.9 Å². The molecule has 0 bridgehead atoms. The Morgan fingerprint density at radius 1 is 1.30 bits per heavy atom. The number of carbonyl (C=O) groups is 2. The summed E-state index contributed by atoms with van der Waals surface area (Å²) in [6, 6.07) is 6.88. The average molecular weight is 434 g/mol. The van der Waals surface area contributed by atoms with Crippen molar-refractivity contribution in [2.24, 2.45) is 5.92 Å². The maximum absolute atomic E-state index is 13.4. The maximum Gasteiger partial charge on any atom is 0.253 e. The minimum Gasteiger partial charge on any atom is -0.376 e. The van der Waals surface area contributed by atoms with E-state index in [0.29, 0.717) is 30.2 Å². The molecule has 2 amide bonds. The number of amides is 2. The number of nitrogens with zero attached hydrogens (tertiary/aromatic N) is 2. The topological polar surface area (TPSA) is 61.9 Å². The second-order valence-electron chi connectivity index (χ2n) is 8.92. The van der Waals surface area contributed by atoms with Gasteiger partial charge in [-0.15, -0.1) is 0 Å². The van der Waals surface area contributed by atoms with Crippen LogP contribution < -0.4 is 5.32 Å². The largest absolute Gasteiger partial charge is 0.376 e. The van der Waals surface area contributed by atoms with Crippen molar-refractivity contribution >= 4 is 23.4 Å². The number of carbonyl (C=O) groups excluding carboxylic acids is 2. The van der Waals surface area contributed by atoms with Gasteiger partial charge in [-0.25, -0.2) is 0 Å². The lowest BCUT2D eigenvalue weighted by Gasteiger charge is -2.45. The van der Waals surface area contributed by atoms with Gasteiger partial charge in [-0.3, -0.25) is 14.9 Å². The molecular formula is C23H32ClN3O3. The first-order valence-electron chi connectivity index (χ1n) is 11.2. The van der Waals surface area contributed by atoms with Gasteiger partial charge >= 0.3 is 0 Å². The molecule has 3 saturated heterocycles. The third-order valence-electron chi connectivity index (χ3n) is 7.07. The van der Waals surface area contributed by atoms with Crippen molar-refractivity contribution in [1.82, 2.24) is 15.1 Å². The van der Waals surface area contributed by atoms with Crippen LogP contribution in [0.1, 0.15) is 56.3 Å². The van der Waals surface area contributed by atoms with Gasteiger partial charge in [0.1, 0.15) is 0 Å². The zero-order valence-electron chi connectivity index (χ0n) is 17.9. The molecule has 3 atom stereocenters. The van der Waals surface area contributed by atoms with Gasteiger partial charge in [0.05, 0.1) is 17.8 Å². The molecule has 0 unspecified atom stereocenters. The van der Waals surface area contributed by atoms with Crippen LogP contribution in [0, 0.1) is 5.92 Å². The Morgan fingerprint density at radius 3 is 2.60 bits per heavy atom. The highest BCUT2D eigenvalue weighted by Gasteiger charge is 2.53. The Kier molecular flexibility index (Phi) is 6.37. The zero-order chi connectivity index (χ0) is 21.3. The lowest BCUT2D eigenvalue weighted by Crippen LogP contribution is -2.60. The van der Waals surface area contributed by atoms with Gasteiger partial charge in [0.2, 0.25) is 5.91 Å². The van der Waals surface area contributed by atoms with Crippen molar-refractivity contribution in [3.05, 3.63) is 34.9 Å². The number of piperidine rings is 1. The number of hydrogen-bond donors (Lipinski definition) is 1. The van der Waals surface area contributed by atoms with Gasteiger partial charge in [-0.2, -0.15) is 0 Å². The molecule has 3 aliphatic rings. The van der Waals surface area contributed by atoms with Gasteiger partial charge < -0.3 is 14.5 Å². The van der Waals surface area contributed by atoms with E-state index in [1.165, 1.54) is 0 Å². The molecule has 4 rings (SSSR count). The molecule has 0 aromatic heterocycles. The van der Waals surface area contributed by atoms with Crippen LogP contribution in [-0.4, -0.2) is 65.7 Å². The van der Waals surface area contributed by atoms with E-state index in [9.17, 15) is 9.59 Å². The summed E-state index contributed by atoms with van der Waals surface area (Å²) in [4.78, 5) is 30.2. The highest BCUT2D eigenvalue weighted by molar-refractivity contribution is 6.30. The summed E-state index contributed by atoms with van der Waals surface area (Å²) in [5.74, 6) is 0.491. The van der Waals surface area contributed by atoms with E-state index in [-0.39, 0.29) is 35.5 Å². The predicted molar refractivity (Wildman–Crippen MR) is 116 cm³/mol. The molecule has 6 nitrogen and oxygen atoms in total. The second kappa shape index (κ2) is 8.85. The lowest BCUT2D eigenvalue weighted by molar-refractivity contribution is -0.136. The van der Waals surface area contributed by atoms with Gasteiger partial charge in [0.25, 0.3) is 5.91 Å². The smallest absolute Gasteiger partial charge is 0.253 e. The normalized spacial score (nSPS) is 27.1. The summed E-state index contributed by atoms with van der Waals surface area (Å²) >= 11 is 5.95. The monoisotopic (exact) mass is 433 g/mol. The fraction of sp³-hybridized carbons (Fsp3) is 0.652. The standard InChI is InChI=1S/C23H32ClN3O3/c1-3-16(2)20-22(29)27(15-19-5-4-14-30-19)23(25-20)10-12-26(13-11-23)21(28)17-6-8-18(24)9-7-17/h6-9,16,19-20,25H,3-5,10-15H2,1-2H3/t16-,19-,20+/m0/s1. The lowest BCUT2D eigenvalue weighted by atomic mass is 9.94. The van der Waals surface area contributed by atoms with E-state index in [4.69, 9.17) is 16.3 Å². The van der Waals surface area contributed by atoms with Crippen molar-refractivity contribution in [2.45, 2.75) is 63.8 Å². The minimum absolute atomic E-state index is 0.0231. The van der Waals surface area contributed by atoms with Crippen LogP contribution >= 0.6 is 11.6 Å². The number of nitrogens with one attached hydrogen (secondary N) is 1. The minimum atomic E-state index is -0.381. The second-order valence-corrected chi connectivity index (χ2v) is 9.36. The van der Waals surface area contributed by atoms with Crippen molar-refractivity contribution in [3.8, 4) is 0 Å². The molecule has 0 aliphatic carbocycles. The molecule has 3 fully saturated rings. The van der Waals surface area contributed by atoms with E-state index in [1.54, 1.807) is 24.3 Å². The Bertz CT molecular complexity index is 770. The molecule has 3 heterocycles. The molecule has 1 aromatic rings. The summed E-state index contributed by atoms with van der Waals surface area (Å²) in [6.45, 7) is 6.93. The van der Waals surface area contributed by atoms with Crippen molar-refractivity contribution in [2.75, 3.05) is 26.2 Å². The number of benzene rings is 1. The Morgan fingerprint density at radius 2 is 2.00 bits per heavy atom. The van der Waals surface area contributed by atoms with Crippen LogP contribution in [0.5, 0.6) is 0 Å². The van der Waals surface area contributed by atoms with Crippen LogP contribution in [0.4, 0.5) is 0 Å². The van der Waals surface area contributed by atoms with E-state index >= 15 is 0 Å². The van der Waals surface area contributed by atoms with Gasteiger partial charge in [0.15, 0.2) is 0 Å². The molecule has 7 heteroatoms. The third-order valence-corrected chi connectivity index (χ3v) is 7.32. The van der Waals surface area contributed by atoms with E-state index in [2.05, 4.69) is 19.2 Å². The van der Waals surface area contributed by atoms with Crippen molar-refractivity contribution in [1.29, 1.82) is 0 Å². The molecule has 0 saturated carbocycles. The van der Waals surface area contributed by atoms with Crippen LogP contribution in [0.15, 0.2) is 24.3 Å². The highest BCUT2D eigenvalue weighted by Crippen LogP contribution is 2.36. The van der Waals surface area contributed by atoms with Crippen molar-refractivity contribution < 1.29 is 14.3 Å². The average Bonchev–Trinajstić information content (AvgIpc) is 3.37. The zero-order valence-corrected chi connectivity index (χ0v) is 18.7. The summed E-state index contributed by atoms with van der Waals surface area (Å²) in [5.41, 5.74) is 0.271. The molecule has 1 N–H and O–H groups in total. The molecule has 1 spiro atoms. The third kappa shape index (κ3) is 4.10. The summed E-state index contributed by atoms with van der Waals surface area (Å²) in [7, 11) is 0. The van der Waals surface area contributed by atoms with E-state index in [0.717, 1.165) is 38.7 Å². The number of likely N-dealkylation sites (tertiary alicyclic amines) is 1. The summed E-state index contributed by atoms with van der Waals surface area (Å²) < 4.78 is 5.85. The van der Waals surface area contributed by atoms with Gasteiger partial charge in [0, 0.05) is 49.7 Å². The molecule has 164 valence electrons. The molecule has 1 aromatic carbocycles. The Hall–Kier alpha value is -1.63. The SMILES string of the molecule is CC[C@H](C)[C@H]1NC2(CCN(C(=O)c3ccc(Cl)cc3)CC2)N(C[C@@H]2CCCO2)C1=O. The first-order valence-corrected chi connectivity index (χ1v) is 11.6. The Labute approximate surface area is 183 Å². The number of ether oxygens (including phenoxy) is 1. The number of hydrogen-bond acceptors (Lipinski definition) is 4. The highest BCUT2D eigenvalue weighted by atomic mass is 35.5. The van der Waals surface area contributed by atoms with Crippen LogP contribution in [0.2, 0.25) is 5.02 Å². The number of rotatable bonds is 5.